The molecule has 9 nitrogen and oxygen atoms in total. The lowest BCUT2D eigenvalue weighted by molar-refractivity contribution is -0.130. The van der Waals surface area contributed by atoms with E-state index in [0.717, 1.165) is 33.7 Å². The summed E-state index contributed by atoms with van der Waals surface area (Å²) in [6, 6.07) is 11.6. The number of amides is 3. The Morgan fingerprint density at radius 3 is 2.67 bits per heavy atom. The average Bonchev–Trinajstić information content (AvgIpc) is 3.61. The summed E-state index contributed by atoms with van der Waals surface area (Å²) in [4.78, 5) is 35.5. The molecule has 1 aliphatic carbocycles. The predicted molar refractivity (Wildman–Crippen MR) is 147 cm³/mol. The molecule has 39 heavy (non-hydrogen) atoms. The van der Waals surface area contributed by atoms with Gasteiger partial charge in [0, 0.05) is 63.4 Å². The van der Waals surface area contributed by atoms with Gasteiger partial charge in [-0.3, -0.25) is 14.8 Å². The summed E-state index contributed by atoms with van der Waals surface area (Å²) in [6.45, 7) is 2.95. The second kappa shape index (κ2) is 11.7. The van der Waals surface area contributed by atoms with Crippen molar-refractivity contribution in [1.29, 1.82) is 0 Å². The molecule has 0 spiro atoms. The minimum atomic E-state index is -0.594. The van der Waals surface area contributed by atoms with Crippen LogP contribution in [0, 0.1) is 5.82 Å². The lowest BCUT2D eigenvalue weighted by Crippen LogP contribution is -2.31. The van der Waals surface area contributed by atoms with Crippen LogP contribution in [0.15, 0.2) is 54.9 Å². The Labute approximate surface area is 229 Å². The molecule has 4 aromatic rings. The Balaban J connectivity index is 1.30. The van der Waals surface area contributed by atoms with E-state index >= 15 is 0 Å². The van der Waals surface area contributed by atoms with Crippen LogP contribution in [0.3, 0.4) is 0 Å². The minimum Gasteiger partial charge on any atom is -0.453 e. The van der Waals surface area contributed by atoms with Gasteiger partial charge in [0.05, 0.1) is 27.4 Å². The molecule has 1 aromatic carbocycles. The molecule has 1 fully saturated rings. The molecule has 3 amide bonds. The fourth-order valence-corrected chi connectivity index (χ4v) is 4.96. The number of methoxy groups -OCH3 is 1. The Kier molecular flexibility index (Phi) is 7.99. The van der Waals surface area contributed by atoms with Crippen LogP contribution in [-0.4, -0.2) is 53.1 Å². The number of fused-ring (bicyclic) bond motifs is 1. The first-order valence-electron chi connectivity index (χ1n) is 12.5. The standard InChI is InChI=1S/C28H28FN5O4S/c1-17(35)34(11-12-37-2)16-18-3-7-22(31-15-18)26-14-23-27(39-26)25(9-10-30-23)38-24-8-6-20(13-21(24)29)33-28(36)32-19-4-5-19/h3,6-10,13-15,19H,4-5,11-12,16H2,1-2H3,(H2,32,33,36). The highest BCUT2D eigenvalue weighted by Gasteiger charge is 2.23. The number of benzene rings is 1. The van der Waals surface area contributed by atoms with Crippen molar-refractivity contribution >= 4 is 39.2 Å². The summed E-state index contributed by atoms with van der Waals surface area (Å²) in [5.41, 5.74) is 2.71. The highest BCUT2D eigenvalue weighted by molar-refractivity contribution is 7.22. The summed E-state index contributed by atoms with van der Waals surface area (Å²) >= 11 is 1.44. The Morgan fingerprint density at radius 1 is 1.13 bits per heavy atom. The minimum absolute atomic E-state index is 0.0272. The zero-order valence-electron chi connectivity index (χ0n) is 21.6. The maximum Gasteiger partial charge on any atom is 0.319 e. The van der Waals surface area contributed by atoms with E-state index in [9.17, 15) is 14.0 Å². The molecule has 0 radical (unpaired) electrons. The first-order valence-corrected chi connectivity index (χ1v) is 13.3. The van der Waals surface area contributed by atoms with Crippen molar-refractivity contribution in [3.8, 4) is 22.1 Å². The maximum atomic E-state index is 14.8. The smallest absolute Gasteiger partial charge is 0.319 e. The average molecular weight is 550 g/mol. The van der Waals surface area contributed by atoms with Gasteiger partial charge in [-0.1, -0.05) is 6.07 Å². The van der Waals surface area contributed by atoms with Crippen molar-refractivity contribution < 1.29 is 23.5 Å². The number of carbonyl (C=O) groups excluding carboxylic acids is 2. The monoisotopic (exact) mass is 549 g/mol. The molecular weight excluding hydrogens is 521 g/mol. The molecule has 0 saturated heterocycles. The highest BCUT2D eigenvalue weighted by atomic mass is 32.1. The van der Waals surface area contributed by atoms with Gasteiger partial charge in [0.2, 0.25) is 5.91 Å². The number of nitrogens with zero attached hydrogens (tertiary/aromatic N) is 3. The Morgan fingerprint density at radius 2 is 1.97 bits per heavy atom. The fourth-order valence-electron chi connectivity index (χ4n) is 3.91. The van der Waals surface area contributed by atoms with Gasteiger partial charge in [0.15, 0.2) is 11.6 Å². The second-order valence-corrected chi connectivity index (χ2v) is 10.3. The lowest BCUT2D eigenvalue weighted by atomic mass is 10.2. The molecule has 11 heteroatoms. The molecule has 0 aliphatic heterocycles. The molecular formula is C28H28FN5O4S. The van der Waals surface area contributed by atoms with Crippen LogP contribution >= 0.6 is 11.3 Å². The largest absolute Gasteiger partial charge is 0.453 e. The van der Waals surface area contributed by atoms with E-state index in [1.54, 1.807) is 36.5 Å². The van der Waals surface area contributed by atoms with Crippen LogP contribution in [-0.2, 0) is 16.1 Å². The molecule has 3 aromatic heterocycles. The molecule has 1 saturated carbocycles. The van der Waals surface area contributed by atoms with Gasteiger partial charge < -0.3 is 25.0 Å². The Hall–Kier alpha value is -4.09. The number of hydrogen-bond acceptors (Lipinski definition) is 7. The summed E-state index contributed by atoms with van der Waals surface area (Å²) in [7, 11) is 1.60. The molecule has 1 aliphatic rings. The first-order chi connectivity index (χ1) is 18.9. The van der Waals surface area contributed by atoms with Gasteiger partial charge >= 0.3 is 6.03 Å². The van der Waals surface area contributed by atoms with E-state index in [2.05, 4.69) is 20.6 Å². The van der Waals surface area contributed by atoms with Gasteiger partial charge in [-0.25, -0.2) is 9.18 Å². The van der Waals surface area contributed by atoms with E-state index in [1.165, 1.54) is 30.4 Å². The van der Waals surface area contributed by atoms with Crippen molar-refractivity contribution in [2.45, 2.75) is 32.4 Å². The zero-order valence-corrected chi connectivity index (χ0v) is 22.4. The number of hydrogen-bond donors (Lipinski definition) is 2. The van der Waals surface area contributed by atoms with Crippen LogP contribution in [0.5, 0.6) is 11.5 Å². The molecule has 5 rings (SSSR count). The van der Waals surface area contributed by atoms with Gasteiger partial charge in [0.1, 0.15) is 5.75 Å². The van der Waals surface area contributed by atoms with Crippen molar-refractivity contribution in [1.82, 2.24) is 20.2 Å². The van der Waals surface area contributed by atoms with E-state index in [4.69, 9.17) is 9.47 Å². The number of halogens is 1. The number of nitrogens with one attached hydrogen (secondary N) is 2. The van der Waals surface area contributed by atoms with Crippen molar-refractivity contribution in [3.05, 3.63) is 66.2 Å². The zero-order chi connectivity index (χ0) is 27.4. The number of aromatic nitrogens is 2. The van der Waals surface area contributed by atoms with Gasteiger partial charge in [-0.15, -0.1) is 11.3 Å². The number of pyridine rings is 2. The van der Waals surface area contributed by atoms with Crippen LogP contribution in [0.1, 0.15) is 25.3 Å². The normalized spacial score (nSPS) is 12.8. The fraction of sp³-hybridized carbons (Fsp3) is 0.286. The number of urea groups is 1. The third-order valence-corrected chi connectivity index (χ3v) is 7.32. The van der Waals surface area contributed by atoms with Gasteiger partial charge in [-0.2, -0.15) is 0 Å². The van der Waals surface area contributed by atoms with E-state index in [1.807, 2.05) is 18.2 Å². The molecule has 2 N–H and O–H groups in total. The maximum absolute atomic E-state index is 14.8. The molecule has 3 heterocycles. The Bertz CT molecular complexity index is 1490. The topological polar surface area (TPSA) is 106 Å². The van der Waals surface area contributed by atoms with Crippen molar-refractivity contribution in [2.75, 3.05) is 25.6 Å². The summed E-state index contributed by atoms with van der Waals surface area (Å²) < 4.78 is 26.6. The van der Waals surface area contributed by atoms with Crippen LogP contribution in [0.25, 0.3) is 20.8 Å². The number of carbonyl (C=O) groups is 2. The van der Waals surface area contributed by atoms with Crippen LogP contribution in [0.2, 0.25) is 0 Å². The van der Waals surface area contributed by atoms with Crippen molar-refractivity contribution in [2.24, 2.45) is 0 Å². The summed E-state index contributed by atoms with van der Waals surface area (Å²) in [6.07, 6.45) is 5.30. The molecule has 202 valence electrons. The number of anilines is 1. The quantitative estimate of drug-likeness (QED) is 0.268. The van der Waals surface area contributed by atoms with Gasteiger partial charge in [0.25, 0.3) is 0 Å². The SMILES string of the molecule is COCCN(Cc1ccc(-c2cc3nccc(Oc4ccc(NC(=O)NC5CC5)cc4F)c3s2)nc1)C(C)=O. The van der Waals surface area contributed by atoms with Gasteiger partial charge in [-0.05, 0) is 42.7 Å². The summed E-state index contributed by atoms with van der Waals surface area (Å²) in [5.74, 6) is -0.116. The van der Waals surface area contributed by atoms with E-state index in [0.29, 0.717) is 36.6 Å². The van der Waals surface area contributed by atoms with Crippen molar-refractivity contribution in [3.63, 3.8) is 0 Å². The third-order valence-electron chi connectivity index (χ3n) is 6.16. The first kappa shape index (κ1) is 26.5. The number of rotatable bonds is 10. The lowest BCUT2D eigenvalue weighted by Gasteiger charge is -2.20. The molecule has 0 bridgehead atoms. The summed E-state index contributed by atoms with van der Waals surface area (Å²) in [5, 5.41) is 5.44. The second-order valence-electron chi connectivity index (χ2n) is 9.24. The van der Waals surface area contributed by atoms with Crippen LogP contribution < -0.4 is 15.4 Å². The third kappa shape index (κ3) is 6.68. The van der Waals surface area contributed by atoms with E-state index < -0.39 is 5.82 Å². The number of ether oxygens (including phenoxy) is 2. The predicted octanol–water partition coefficient (Wildman–Crippen LogP) is 5.57. The number of thiophene rings is 1. The van der Waals surface area contributed by atoms with E-state index in [-0.39, 0.29) is 23.7 Å². The highest BCUT2D eigenvalue weighted by Crippen LogP contribution is 2.39. The molecule has 0 unspecified atom stereocenters. The van der Waals surface area contributed by atoms with Crippen LogP contribution in [0.4, 0.5) is 14.9 Å². The molecule has 0 atom stereocenters.